The monoisotopic (exact) mass is 371 g/mol. The molecule has 0 amide bonds. The molecular weight excluding hydrogens is 353 g/mol. The molecule has 102 valence electrons. The van der Waals surface area contributed by atoms with Gasteiger partial charge in [0.15, 0.2) is 11.6 Å². The summed E-state index contributed by atoms with van der Waals surface area (Å²) in [5.74, 6) is 2.21. The van der Waals surface area contributed by atoms with Crippen LogP contribution in [0.25, 0.3) is 11.6 Å². The highest BCUT2D eigenvalue weighted by Gasteiger charge is 2.24. The Hall–Kier alpha value is -1.11. The van der Waals surface area contributed by atoms with Crippen LogP contribution in [0.5, 0.6) is 0 Å². The van der Waals surface area contributed by atoms with Crippen LogP contribution in [-0.2, 0) is 5.41 Å². The van der Waals surface area contributed by atoms with Crippen LogP contribution in [0.4, 0.5) is 5.82 Å². The van der Waals surface area contributed by atoms with Gasteiger partial charge in [0.05, 0.1) is 15.5 Å². The fourth-order valence-corrected chi connectivity index (χ4v) is 3.13. The van der Waals surface area contributed by atoms with Gasteiger partial charge in [-0.05, 0) is 41.1 Å². The normalized spacial score (nSPS) is 11.7. The van der Waals surface area contributed by atoms with Crippen molar-refractivity contribution >= 4 is 28.4 Å². The van der Waals surface area contributed by atoms with Gasteiger partial charge in [-0.25, -0.2) is 9.97 Å². The molecule has 2 aromatic rings. The predicted octanol–water partition coefficient (Wildman–Crippen LogP) is 3.99. The van der Waals surface area contributed by atoms with E-state index < -0.39 is 0 Å². The number of anilines is 1. The summed E-state index contributed by atoms with van der Waals surface area (Å²) in [6, 6.07) is 1.92. The molecule has 0 saturated carbocycles. The molecule has 0 unspecified atom stereocenters. The standard InChI is InChI=1S/C14H18IN3O/c1-8-6-7-19-10(8)13-17-11(14(2,3)4)9(15)12(16-5)18-13/h6-7H,1-5H3,(H,16,17,18). The van der Waals surface area contributed by atoms with Gasteiger partial charge in [-0.15, -0.1) is 0 Å². The van der Waals surface area contributed by atoms with Crippen molar-refractivity contribution in [3.05, 3.63) is 27.2 Å². The second-order valence-electron chi connectivity index (χ2n) is 5.49. The molecule has 5 heteroatoms. The van der Waals surface area contributed by atoms with E-state index >= 15 is 0 Å². The van der Waals surface area contributed by atoms with E-state index in [0.717, 1.165) is 26.4 Å². The zero-order valence-electron chi connectivity index (χ0n) is 11.8. The van der Waals surface area contributed by atoms with Crippen molar-refractivity contribution in [3.8, 4) is 11.6 Å². The maximum atomic E-state index is 5.50. The highest BCUT2D eigenvalue weighted by Crippen LogP contribution is 2.32. The molecule has 0 aliphatic carbocycles. The molecule has 0 aliphatic rings. The third-order valence-corrected chi connectivity index (χ3v) is 3.89. The number of hydrogen-bond donors (Lipinski definition) is 1. The Balaban J connectivity index is 2.68. The average Bonchev–Trinajstić information content (AvgIpc) is 2.74. The van der Waals surface area contributed by atoms with Gasteiger partial charge >= 0.3 is 0 Å². The number of halogens is 1. The minimum absolute atomic E-state index is 0.0414. The maximum absolute atomic E-state index is 5.50. The minimum Gasteiger partial charge on any atom is -0.461 e. The molecule has 19 heavy (non-hydrogen) atoms. The smallest absolute Gasteiger partial charge is 0.198 e. The largest absolute Gasteiger partial charge is 0.461 e. The molecule has 0 fully saturated rings. The van der Waals surface area contributed by atoms with Crippen LogP contribution in [0, 0.1) is 10.5 Å². The van der Waals surface area contributed by atoms with Crippen LogP contribution >= 0.6 is 22.6 Å². The van der Waals surface area contributed by atoms with Crippen LogP contribution in [0.15, 0.2) is 16.7 Å². The fourth-order valence-electron chi connectivity index (χ4n) is 1.81. The lowest BCUT2D eigenvalue weighted by Gasteiger charge is -2.21. The first-order chi connectivity index (χ1) is 8.84. The molecule has 0 aliphatic heterocycles. The highest BCUT2D eigenvalue weighted by molar-refractivity contribution is 14.1. The van der Waals surface area contributed by atoms with E-state index in [2.05, 4.69) is 53.7 Å². The molecule has 0 spiro atoms. The fraction of sp³-hybridized carbons (Fsp3) is 0.429. The summed E-state index contributed by atoms with van der Waals surface area (Å²) in [5.41, 5.74) is 2.03. The first kappa shape index (κ1) is 14.3. The van der Waals surface area contributed by atoms with Gasteiger partial charge in [0, 0.05) is 12.5 Å². The molecule has 1 N–H and O–H groups in total. The molecular formula is C14H18IN3O. The van der Waals surface area contributed by atoms with Gasteiger partial charge in [-0.2, -0.15) is 0 Å². The van der Waals surface area contributed by atoms with Gasteiger partial charge in [-0.3, -0.25) is 0 Å². The van der Waals surface area contributed by atoms with Gasteiger partial charge in [0.25, 0.3) is 0 Å². The van der Waals surface area contributed by atoms with Crippen molar-refractivity contribution in [1.82, 2.24) is 9.97 Å². The van der Waals surface area contributed by atoms with Crippen molar-refractivity contribution in [3.63, 3.8) is 0 Å². The Bertz CT molecular complexity index is 599. The molecule has 4 nitrogen and oxygen atoms in total. The van der Waals surface area contributed by atoms with Gasteiger partial charge in [0.1, 0.15) is 5.82 Å². The lowest BCUT2D eigenvalue weighted by Crippen LogP contribution is -2.18. The van der Waals surface area contributed by atoms with E-state index in [1.807, 2.05) is 20.0 Å². The SMILES string of the molecule is CNc1nc(-c2occc2C)nc(C(C)(C)C)c1I. The van der Waals surface area contributed by atoms with E-state index in [-0.39, 0.29) is 5.41 Å². The maximum Gasteiger partial charge on any atom is 0.198 e. The molecule has 0 saturated heterocycles. The molecule has 0 radical (unpaired) electrons. The summed E-state index contributed by atoms with van der Waals surface area (Å²) >= 11 is 2.29. The van der Waals surface area contributed by atoms with Crippen LogP contribution in [0.1, 0.15) is 32.0 Å². The summed E-state index contributed by atoms with van der Waals surface area (Å²) in [5, 5.41) is 3.13. The first-order valence-corrected chi connectivity index (χ1v) is 7.22. The molecule has 2 heterocycles. The number of aryl methyl sites for hydroxylation is 1. The second-order valence-corrected chi connectivity index (χ2v) is 6.57. The summed E-state index contributed by atoms with van der Waals surface area (Å²) in [4.78, 5) is 9.25. The Kier molecular flexibility index (Phi) is 3.85. The zero-order chi connectivity index (χ0) is 14.2. The number of rotatable bonds is 2. The Morgan fingerprint density at radius 2 is 1.95 bits per heavy atom. The Labute approximate surface area is 127 Å². The van der Waals surface area contributed by atoms with Crippen LogP contribution in [-0.4, -0.2) is 17.0 Å². The number of aromatic nitrogens is 2. The zero-order valence-corrected chi connectivity index (χ0v) is 14.0. The quantitative estimate of drug-likeness (QED) is 0.812. The van der Waals surface area contributed by atoms with Gasteiger partial charge in [-0.1, -0.05) is 20.8 Å². The molecule has 0 bridgehead atoms. The molecule has 2 rings (SSSR count). The highest BCUT2D eigenvalue weighted by atomic mass is 127. The minimum atomic E-state index is -0.0414. The van der Waals surface area contributed by atoms with Crippen molar-refractivity contribution in [1.29, 1.82) is 0 Å². The van der Waals surface area contributed by atoms with Gasteiger partial charge < -0.3 is 9.73 Å². The van der Waals surface area contributed by atoms with Gasteiger partial charge in [0.2, 0.25) is 0 Å². The number of nitrogens with one attached hydrogen (secondary N) is 1. The summed E-state index contributed by atoms with van der Waals surface area (Å²) in [7, 11) is 1.87. The topological polar surface area (TPSA) is 51.0 Å². The number of furan rings is 1. The third kappa shape index (κ3) is 2.75. The molecule has 2 aromatic heterocycles. The average molecular weight is 371 g/mol. The van der Waals surface area contributed by atoms with Crippen molar-refractivity contribution in [2.24, 2.45) is 0 Å². The van der Waals surface area contributed by atoms with E-state index in [4.69, 9.17) is 9.40 Å². The third-order valence-electron chi connectivity index (χ3n) is 2.86. The number of hydrogen-bond acceptors (Lipinski definition) is 4. The van der Waals surface area contributed by atoms with Crippen LogP contribution < -0.4 is 5.32 Å². The van der Waals surface area contributed by atoms with Crippen LogP contribution in [0.2, 0.25) is 0 Å². The summed E-state index contributed by atoms with van der Waals surface area (Å²) in [6.07, 6.45) is 1.67. The lowest BCUT2D eigenvalue weighted by molar-refractivity contribution is 0.553. The van der Waals surface area contributed by atoms with Crippen molar-refractivity contribution < 1.29 is 4.42 Å². The Morgan fingerprint density at radius 1 is 1.26 bits per heavy atom. The van der Waals surface area contributed by atoms with Crippen molar-refractivity contribution in [2.45, 2.75) is 33.1 Å². The first-order valence-electron chi connectivity index (χ1n) is 6.15. The Morgan fingerprint density at radius 3 is 2.42 bits per heavy atom. The van der Waals surface area contributed by atoms with Crippen LogP contribution in [0.3, 0.4) is 0 Å². The predicted molar refractivity (Wildman–Crippen MR) is 85.4 cm³/mol. The molecule has 0 aromatic carbocycles. The van der Waals surface area contributed by atoms with Crippen molar-refractivity contribution in [2.75, 3.05) is 12.4 Å². The van der Waals surface area contributed by atoms with E-state index in [1.165, 1.54) is 0 Å². The van der Waals surface area contributed by atoms with E-state index in [9.17, 15) is 0 Å². The summed E-state index contributed by atoms with van der Waals surface area (Å²) in [6.45, 7) is 8.44. The lowest BCUT2D eigenvalue weighted by atomic mass is 9.92. The second kappa shape index (κ2) is 5.11. The molecule has 0 atom stereocenters. The summed E-state index contributed by atoms with van der Waals surface area (Å²) < 4.78 is 6.56. The number of nitrogens with zero attached hydrogens (tertiary/aromatic N) is 2. The van der Waals surface area contributed by atoms with E-state index in [1.54, 1.807) is 6.26 Å². The van der Waals surface area contributed by atoms with E-state index in [0.29, 0.717) is 5.82 Å².